The molecule has 0 radical (unpaired) electrons. The van der Waals surface area contributed by atoms with Gasteiger partial charge in [0.1, 0.15) is 0 Å². The summed E-state index contributed by atoms with van der Waals surface area (Å²) < 4.78 is 1.97. The van der Waals surface area contributed by atoms with Gasteiger partial charge in [-0.05, 0) is 29.5 Å². The Labute approximate surface area is 106 Å². The number of fused-ring (bicyclic) bond motifs is 1. The highest BCUT2D eigenvalue weighted by Gasteiger charge is 2.22. The number of hydrogen-bond donors (Lipinski definition) is 1. The maximum absolute atomic E-state index is 10.8. The van der Waals surface area contributed by atoms with Gasteiger partial charge in [-0.3, -0.25) is 4.79 Å². The van der Waals surface area contributed by atoms with Gasteiger partial charge in [0.15, 0.2) is 0 Å². The van der Waals surface area contributed by atoms with Crippen molar-refractivity contribution in [2.45, 2.75) is 26.7 Å². The fraction of sp³-hybridized carbons (Fsp3) is 0.429. The number of imidazole rings is 1. The second kappa shape index (κ2) is 4.44. The van der Waals surface area contributed by atoms with Crippen LogP contribution in [-0.4, -0.2) is 20.6 Å². The van der Waals surface area contributed by atoms with Gasteiger partial charge in [0.2, 0.25) is 0 Å². The molecule has 2 aromatic rings. The highest BCUT2D eigenvalue weighted by molar-refractivity contribution is 5.76. The van der Waals surface area contributed by atoms with E-state index in [1.54, 1.807) is 6.33 Å². The minimum Gasteiger partial charge on any atom is -0.481 e. The summed E-state index contributed by atoms with van der Waals surface area (Å²) in [7, 11) is 1.96. The molecule has 0 spiro atoms. The van der Waals surface area contributed by atoms with E-state index >= 15 is 0 Å². The van der Waals surface area contributed by atoms with Crippen molar-refractivity contribution in [1.29, 1.82) is 0 Å². The number of carbonyl (C=O) groups is 1. The van der Waals surface area contributed by atoms with E-state index in [1.807, 2.05) is 43.7 Å². The number of carboxylic acid groups (broad SMARTS) is 1. The van der Waals surface area contributed by atoms with Gasteiger partial charge in [-0.2, -0.15) is 0 Å². The monoisotopic (exact) mass is 246 g/mol. The summed E-state index contributed by atoms with van der Waals surface area (Å²) in [6.07, 6.45) is 2.70. The molecule has 0 aliphatic carbocycles. The second-order valence-electron chi connectivity index (χ2n) is 5.59. The first-order valence-electron chi connectivity index (χ1n) is 5.99. The number of benzene rings is 1. The van der Waals surface area contributed by atoms with Gasteiger partial charge in [0.05, 0.1) is 23.8 Å². The summed E-state index contributed by atoms with van der Waals surface area (Å²) >= 11 is 0. The summed E-state index contributed by atoms with van der Waals surface area (Å²) in [4.78, 5) is 15.1. The third kappa shape index (κ3) is 2.70. The Kier molecular flexibility index (Phi) is 3.11. The Morgan fingerprint density at radius 2 is 2.17 bits per heavy atom. The zero-order chi connectivity index (χ0) is 13.3. The molecule has 1 aromatic carbocycles. The Hall–Kier alpha value is -1.84. The molecule has 0 unspecified atom stereocenters. The van der Waals surface area contributed by atoms with Gasteiger partial charge in [0, 0.05) is 7.05 Å². The van der Waals surface area contributed by atoms with Crippen molar-refractivity contribution in [3.8, 4) is 0 Å². The number of hydrogen-bond acceptors (Lipinski definition) is 2. The average Bonchev–Trinajstić information content (AvgIpc) is 2.57. The molecule has 0 aliphatic rings. The fourth-order valence-corrected chi connectivity index (χ4v) is 2.32. The molecule has 1 aromatic heterocycles. The highest BCUT2D eigenvalue weighted by Crippen LogP contribution is 2.27. The molecule has 0 saturated carbocycles. The molecule has 4 nitrogen and oxygen atoms in total. The van der Waals surface area contributed by atoms with Gasteiger partial charge in [-0.25, -0.2) is 4.98 Å². The first-order valence-corrected chi connectivity index (χ1v) is 5.99. The SMILES string of the molecule is Cn1cnc2cc(CC(C)(C)CC(=O)O)ccc21. The van der Waals surface area contributed by atoms with Crippen LogP contribution >= 0.6 is 0 Å². The van der Waals surface area contributed by atoms with Crippen molar-refractivity contribution in [2.75, 3.05) is 0 Å². The first kappa shape index (κ1) is 12.6. The molecule has 1 N–H and O–H groups in total. The molecule has 18 heavy (non-hydrogen) atoms. The average molecular weight is 246 g/mol. The number of aliphatic carboxylic acids is 1. The van der Waals surface area contributed by atoms with Crippen LogP contribution in [0.25, 0.3) is 11.0 Å². The number of rotatable bonds is 4. The van der Waals surface area contributed by atoms with Crippen LogP contribution in [0.15, 0.2) is 24.5 Å². The third-order valence-corrected chi connectivity index (χ3v) is 3.10. The van der Waals surface area contributed by atoms with Crippen LogP contribution in [0.5, 0.6) is 0 Å². The van der Waals surface area contributed by atoms with Crippen molar-refractivity contribution in [1.82, 2.24) is 9.55 Å². The number of aryl methyl sites for hydroxylation is 1. The molecular formula is C14H18N2O2. The van der Waals surface area contributed by atoms with Gasteiger partial charge >= 0.3 is 5.97 Å². The summed E-state index contributed by atoms with van der Waals surface area (Å²) in [5.74, 6) is -0.751. The number of aromatic nitrogens is 2. The van der Waals surface area contributed by atoms with Crippen LogP contribution in [0.4, 0.5) is 0 Å². The van der Waals surface area contributed by atoms with E-state index in [0.29, 0.717) is 0 Å². The Morgan fingerprint density at radius 3 is 2.83 bits per heavy atom. The maximum atomic E-state index is 10.8. The third-order valence-electron chi connectivity index (χ3n) is 3.10. The smallest absolute Gasteiger partial charge is 0.303 e. The first-order chi connectivity index (χ1) is 8.37. The number of carboxylic acids is 1. The van der Waals surface area contributed by atoms with Gasteiger partial charge in [0.25, 0.3) is 0 Å². The molecule has 0 bridgehead atoms. The van der Waals surface area contributed by atoms with E-state index in [0.717, 1.165) is 23.0 Å². The lowest BCUT2D eigenvalue weighted by Crippen LogP contribution is -2.19. The van der Waals surface area contributed by atoms with Crippen molar-refractivity contribution < 1.29 is 9.90 Å². The minimum atomic E-state index is -0.751. The van der Waals surface area contributed by atoms with E-state index in [4.69, 9.17) is 5.11 Å². The van der Waals surface area contributed by atoms with Crippen molar-refractivity contribution in [2.24, 2.45) is 12.5 Å². The minimum absolute atomic E-state index is 0.174. The van der Waals surface area contributed by atoms with E-state index in [9.17, 15) is 4.79 Å². The largest absolute Gasteiger partial charge is 0.481 e. The van der Waals surface area contributed by atoms with E-state index < -0.39 is 5.97 Å². The maximum Gasteiger partial charge on any atom is 0.303 e. The van der Waals surface area contributed by atoms with Gasteiger partial charge in [-0.15, -0.1) is 0 Å². The molecule has 4 heteroatoms. The Morgan fingerprint density at radius 1 is 1.44 bits per heavy atom. The van der Waals surface area contributed by atoms with Crippen LogP contribution < -0.4 is 0 Å². The molecule has 0 fully saturated rings. The summed E-state index contributed by atoms with van der Waals surface area (Å²) in [6.45, 7) is 3.95. The van der Waals surface area contributed by atoms with Crippen LogP contribution in [0.3, 0.4) is 0 Å². The number of nitrogens with zero attached hydrogens (tertiary/aromatic N) is 2. The molecule has 0 saturated heterocycles. The highest BCUT2D eigenvalue weighted by atomic mass is 16.4. The fourth-order valence-electron chi connectivity index (χ4n) is 2.32. The molecule has 0 atom stereocenters. The zero-order valence-electron chi connectivity index (χ0n) is 11.0. The molecule has 96 valence electrons. The van der Waals surface area contributed by atoms with Crippen LogP contribution in [0.2, 0.25) is 0 Å². The summed E-state index contributed by atoms with van der Waals surface area (Å²) in [5, 5.41) is 8.89. The molecule has 0 aliphatic heterocycles. The molecule has 0 amide bonds. The van der Waals surface area contributed by atoms with Crippen LogP contribution in [-0.2, 0) is 18.3 Å². The van der Waals surface area contributed by atoms with E-state index in [-0.39, 0.29) is 11.8 Å². The lowest BCUT2D eigenvalue weighted by atomic mass is 9.83. The lowest BCUT2D eigenvalue weighted by Gasteiger charge is -2.22. The topological polar surface area (TPSA) is 55.1 Å². The predicted molar refractivity (Wildman–Crippen MR) is 70.5 cm³/mol. The quantitative estimate of drug-likeness (QED) is 0.902. The standard InChI is InChI=1S/C14H18N2O2/c1-14(2,8-13(17)18)7-10-4-5-12-11(6-10)15-9-16(12)3/h4-6,9H,7-8H2,1-3H3,(H,17,18). The Bertz CT molecular complexity index is 584. The zero-order valence-corrected chi connectivity index (χ0v) is 11.0. The van der Waals surface area contributed by atoms with Gasteiger partial charge in [-0.1, -0.05) is 19.9 Å². The Balaban J connectivity index is 2.24. The van der Waals surface area contributed by atoms with Crippen LogP contribution in [0.1, 0.15) is 25.8 Å². The lowest BCUT2D eigenvalue weighted by molar-refractivity contribution is -0.139. The molecular weight excluding hydrogens is 228 g/mol. The van der Waals surface area contributed by atoms with Gasteiger partial charge < -0.3 is 9.67 Å². The van der Waals surface area contributed by atoms with E-state index in [1.165, 1.54) is 0 Å². The molecule has 2 rings (SSSR count). The normalized spacial score (nSPS) is 11.9. The summed E-state index contributed by atoms with van der Waals surface area (Å²) in [6, 6.07) is 6.13. The predicted octanol–water partition coefficient (Wildman–Crippen LogP) is 2.62. The summed E-state index contributed by atoms with van der Waals surface area (Å²) in [5.41, 5.74) is 2.94. The second-order valence-corrected chi connectivity index (χ2v) is 5.59. The van der Waals surface area contributed by atoms with Crippen molar-refractivity contribution in [3.05, 3.63) is 30.1 Å². The van der Waals surface area contributed by atoms with E-state index in [2.05, 4.69) is 4.98 Å². The molecule has 1 heterocycles. The van der Waals surface area contributed by atoms with Crippen molar-refractivity contribution >= 4 is 17.0 Å². The van der Waals surface area contributed by atoms with Crippen molar-refractivity contribution in [3.63, 3.8) is 0 Å². The van der Waals surface area contributed by atoms with Crippen LogP contribution in [0, 0.1) is 5.41 Å².